The van der Waals surface area contributed by atoms with Crippen LogP contribution >= 0.6 is 11.6 Å². The van der Waals surface area contributed by atoms with Crippen LogP contribution in [0, 0.1) is 0 Å². The van der Waals surface area contributed by atoms with Crippen LogP contribution in [0.2, 0.25) is 5.02 Å². The molecule has 2 heterocycles. The van der Waals surface area contributed by atoms with E-state index in [2.05, 4.69) is 29.6 Å². The van der Waals surface area contributed by atoms with E-state index in [1.165, 1.54) is 9.47 Å². The molecule has 4 aromatic rings. The van der Waals surface area contributed by atoms with E-state index < -0.39 is 23.8 Å². The number of aromatic nitrogens is 2. The first-order valence-corrected chi connectivity index (χ1v) is 14.7. The lowest BCUT2D eigenvalue weighted by molar-refractivity contribution is 0.0000951. The number of ether oxygens (including phenoxy) is 2. The topological polar surface area (TPSA) is 103 Å². The standard InChI is InChI=1S/C33H33ClN4O5/c1-19(35-31(40)42-18-25-23-12-7-5-10-21(23)22-11-6-8-13-24(22)25)29-36-27-15-9-14-26(34)28(27)30(39)38(29)20-16-37(17-20)32(41)43-33(2,3)4/h5-15,19-20,25H,16-18H2,1-4H3,(H,35,40). The maximum atomic E-state index is 13.8. The Morgan fingerprint density at radius 2 is 1.63 bits per heavy atom. The average molecular weight is 601 g/mol. The minimum Gasteiger partial charge on any atom is -0.449 e. The fraction of sp³-hybridized carbons (Fsp3) is 0.333. The van der Waals surface area contributed by atoms with Crippen molar-refractivity contribution in [1.29, 1.82) is 0 Å². The molecule has 0 saturated carbocycles. The molecule has 10 heteroatoms. The molecule has 0 radical (unpaired) electrons. The van der Waals surface area contributed by atoms with Crippen LogP contribution in [0.3, 0.4) is 0 Å². The molecule has 2 amide bonds. The fourth-order valence-electron chi connectivity index (χ4n) is 5.85. The Labute approximate surface area is 254 Å². The van der Waals surface area contributed by atoms with Crippen LogP contribution < -0.4 is 10.9 Å². The van der Waals surface area contributed by atoms with Gasteiger partial charge in [-0.05, 0) is 62.1 Å². The Kier molecular flexibility index (Phi) is 7.38. The first-order valence-electron chi connectivity index (χ1n) is 14.3. The Balaban J connectivity index is 1.22. The summed E-state index contributed by atoms with van der Waals surface area (Å²) in [5, 5.41) is 3.44. The van der Waals surface area contributed by atoms with Gasteiger partial charge in [0.15, 0.2) is 0 Å². The van der Waals surface area contributed by atoms with Crippen LogP contribution in [-0.4, -0.2) is 51.9 Å². The maximum Gasteiger partial charge on any atom is 0.410 e. The maximum absolute atomic E-state index is 13.8. The van der Waals surface area contributed by atoms with Crippen molar-refractivity contribution in [3.05, 3.63) is 99.1 Å². The third kappa shape index (κ3) is 5.45. The zero-order chi connectivity index (χ0) is 30.5. The highest BCUT2D eigenvalue weighted by Gasteiger charge is 2.38. The molecule has 2 aliphatic rings. The van der Waals surface area contributed by atoms with Crippen LogP contribution in [0.15, 0.2) is 71.5 Å². The minimum atomic E-state index is -0.678. The van der Waals surface area contributed by atoms with Crippen molar-refractivity contribution in [3.8, 4) is 11.1 Å². The highest BCUT2D eigenvalue weighted by Crippen LogP contribution is 2.44. The summed E-state index contributed by atoms with van der Waals surface area (Å²) in [4.78, 5) is 45.8. The van der Waals surface area contributed by atoms with Crippen LogP contribution in [0.25, 0.3) is 22.0 Å². The van der Waals surface area contributed by atoms with Gasteiger partial charge in [-0.15, -0.1) is 0 Å². The van der Waals surface area contributed by atoms with Crippen molar-refractivity contribution in [2.45, 2.75) is 51.3 Å². The second kappa shape index (κ2) is 11.0. The number of rotatable bonds is 5. The molecule has 222 valence electrons. The van der Waals surface area contributed by atoms with Crippen LogP contribution in [0.1, 0.15) is 62.6 Å². The van der Waals surface area contributed by atoms with Gasteiger partial charge in [0.25, 0.3) is 5.56 Å². The molecule has 1 fully saturated rings. The molecule has 1 aliphatic heterocycles. The van der Waals surface area contributed by atoms with Crippen LogP contribution in [0.5, 0.6) is 0 Å². The number of carbonyl (C=O) groups is 2. The molecule has 0 bridgehead atoms. The number of amides is 2. The van der Waals surface area contributed by atoms with Crippen molar-refractivity contribution < 1.29 is 19.1 Å². The van der Waals surface area contributed by atoms with Gasteiger partial charge < -0.3 is 19.7 Å². The van der Waals surface area contributed by atoms with Crippen molar-refractivity contribution >= 4 is 34.7 Å². The summed E-state index contributed by atoms with van der Waals surface area (Å²) in [6, 6.07) is 20.3. The molecule has 0 spiro atoms. The zero-order valence-corrected chi connectivity index (χ0v) is 25.2. The molecular formula is C33H33ClN4O5. The molecule has 6 rings (SSSR count). The molecule has 1 unspecified atom stereocenters. The number of likely N-dealkylation sites (tertiary alicyclic amines) is 1. The summed E-state index contributed by atoms with van der Waals surface area (Å²) >= 11 is 6.42. The molecule has 3 aromatic carbocycles. The van der Waals surface area contributed by atoms with Crippen molar-refractivity contribution in [2.75, 3.05) is 19.7 Å². The Hall–Kier alpha value is -4.37. The summed E-state index contributed by atoms with van der Waals surface area (Å²) in [6.07, 6.45) is -1.07. The molecular weight excluding hydrogens is 568 g/mol. The number of hydrogen-bond acceptors (Lipinski definition) is 6. The Morgan fingerprint density at radius 3 is 2.26 bits per heavy atom. The van der Waals surface area contributed by atoms with E-state index >= 15 is 0 Å². The van der Waals surface area contributed by atoms with Crippen molar-refractivity contribution in [3.63, 3.8) is 0 Å². The fourth-order valence-corrected chi connectivity index (χ4v) is 6.10. The quantitative estimate of drug-likeness (QED) is 0.283. The lowest BCUT2D eigenvalue weighted by Crippen LogP contribution is -2.55. The van der Waals surface area contributed by atoms with Crippen LogP contribution in [0.4, 0.5) is 9.59 Å². The third-order valence-corrected chi connectivity index (χ3v) is 8.17. The molecule has 43 heavy (non-hydrogen) atoms. The van der Waals surface area contributed by atoms with Crippen molar-refractivity contribution in [1.82, 2.24) is 19.8 Å². The summed E-state index contributed by atoms with van der Waals surface area (Å²) in [6.45, 7) is 7.84. The number of hydrogen-bond donors (Lipinski definition) is 1. The number of carbonyl (C=O) groups excluding carboxylic acids is 2. The number of nitrogens with zero attached hydrogens (tertiary/aromatic N) is 3. The number of benzene rings is 3. The molecule has 1 aromatic heterocycles. The zero-order valence-electron chi connectivity index (χ0n) is 24.5. The molecule has 1 saturated heterocycles. The molecule has 1 atom stereocenters. The Bertz CT molecular complexity index is 1750. The van der Waals surface area contributed by atoms with E-state index in [9.17, 15) is 14.4 Å². The van der Waals surface area contributed by atoms with E-state index in [0.29, 0.717) is 11.3 Å². The monoisotopic (exact) mass is 600 g/mol. The van der Waals surface area contributed by atoms with Gasteiger partial charge in [0.2, 0.25) is 0 Å². The largest absolute Gasteiger partial charge is 0.449 e. The van der Waals surface area contributed by atoms with E-state index in [0.717, 1.165) is 22.3 Å². The second-order valence-corrected chi connectivity index (χ2v) is 12.4. The number of alkyl carbamates (subject to hydrolysis) is 1. The SMILES string of the molecule is CC(NC(=O)OCC1c2ccccc2-c2ccccc21)c1nc2cccc(Cl)c2c(=O)n1C1CN(C(=O)OC(C)(C)C)C1. The molecule has 9 nitrogen and oxygen atoms in total. The number of fused-ring (bicyclic) bond motifs is 4. The van der Waals surface area contributed by atoms with Gasteiger partial charge in [-0.1, -0.05) is 66.2 Å². The van der Waals surface area contributed by atoms with Gasteiger partial charge in [0, 0.05) is 19.0 Å². The van der Waals surface area contributed by atoms with E-state index in [1.54, 1.807) is 45.9 Å². The lowest BCUT2D eigenvalue weighted by Gasteiger charge is -2.41. The predicted molar refractivity (Wildman–Crippen MR) is 164 cm³/mol. The average Bonchev–Trinajstić information content (AvgIpc) is 3.24. The Morgan fingerprint density at radius 1 is 1.00 bits per heavy atom. The van der Waals surface area contributed by atoms with Gasteiger partial charge in [0.05, 0.1) is 28.0 Å². The van der Waals surface area contributed by atoms with E-state index in [1.807, 2.05) is 24.3 Å². The number of halogens is 1. The highest BCUT2D eigenvalue weighted by molar-refractivity contribution is 6.35. The summed E-state index contributed by atoms with van der Waals surface area (Å²) < 4.78 is 12.8. The first-order chi connectivity index (χ1) is 20.5. The van der Waals surface area contributed by atoms with E-state index in [-0.39, 0.29) is 47.6 Å². The van der Waals surface area contributed by atoms with Gasteiger partial charge in [-0.2, -0.15) is 0 Å². The summed E-state index contributed by atoms with van der Waals surface area (Å²) in [5.41, 5.74) is 3.98. The minimum absolute atomic E-state index is 0.0821. The lowest BCUT2D eigenvalue weighted by atomic mass is 9.98. The number of nitrogens with one attached hydrogen (secondary N) is 1. The van der Waals surface area contributed by atoms with Gasteiger partial charge in [0.1, 0.15) is 18.0 Å². The van der Waals surface area contributed by atoms with Crippen molar-refractivity contribution in [2.24, 2.45) is 0 Å². The molecule has 1 N–H and O–H groups in total. The van der Waals surface area contributed by atoms with Gasteiger partial charge in [-0.3, -0.25) is 9.36 Å². The molecule has 1 aliphatic carbocycles. The van der Waals surface area contributed by atoms with Gasteiger partial charge >= 0.3 is 12.2 Å². The van der Waals surface area contributed by atoms with Gasteiger partial charge in [-0.25, -0.2) is 14.6 Å². The normalized spacial score (nSPS) is 15.4. The first kappa shape index (κ1) is 28.7. The van der Waals surface area contributed by atoms with E-state index in [4.69, 9.17) is 26.1 Å². The van der Waals surface area contributed by atoms with Crippen LogP contribution in [-0.2, 0) is 9.47 Å². The smallest absolute Gasteiger partial charge is 0.410 e. The third-order valence-electron chi connectivity index (χ3n) is 7.85. The summed E-state index contributed by atoms with van der Waals surface area (Å²) in [7, 11) is 0. The summed E-state index contributed by atoms with van der Waals surface area (Å²) in [5.74, 6) is 0.267. The highest BCUT2D eigenvalue weighted by atomic mass is 35.5. The second-order valence-electron chi connectivity index (χ2n) is 12.0. The predicted octanol–water partition coefficient (Wildman–Crippen LogP) is 6.44.